The summed E-state index contributed by atoms with van der Waals surface area (Å²) in [5.74, 6) is 0.300. The molecule has 0 saturated heterocycles. The minimum Gasteiger partial charge on any atom is -0.392 e. The van der Waals surface area contributed by atoms with Crippen molar-refractivity contribution in [3.05, 3.63) is 0 Å². The fraction of sp³-hybridized carbons (Fsp3) is 0.889. The lowest BCUT2D eigenvalue weighted by Crippen LogP contribution is -2.31. The fourth-order valence-corrected chi connectivity index (χ4v) is 0.778. The zero-order valence-corrected chi connectivity index (χ0v) is 7.88. The van der Waals surface area contributed by atoms with Gasteiger partial charge in [0.1, 0.15) is 0 Å². The molecule has 0 spiro atoms. The molecule has 0 aromatic rings. The van der Waals surface area contributed by atoms with Crippen molar-refractivity contribution in [1.29, 1.82) is 5.26 Å². The first-order chi connectivity index (χ1) is 5.68. The van der Waals surface area contributed by atoms with Gasteiger partial charge in [-0.15, -0.1) is 0 Å². The van der Waals surface area contributed by atoms with Gasteiger partial charge in [0.25, 0.3) is 0 Å². The number of aliphatic hydroxyl groups is 1. The molecule has 0 aromatic heterocycles. The van der Waals surface area contributed by atoms with Crippen LogP contribution in [0.2, 0.25) is 0 Å². The number of unbranched alkanes of at least 4 members (excludes halogenated alkanes) is 1. The van der Waals surface area contributed by atoms with E-state index in [9.17, 15) is 5.11 Å². The largest absolute Gasteiger partial charge is 0.392 e. The van der Waals surface area contributed by atoms with E-state index in [1.54, 1.807) is 0 Å². The average molecular weight is 170 g/mol. The Morgan fingerprint density at radius 2 is 2.17 bits per heavy atom. The number of hydrogen-bond donors (Lipinski definition) is 2. The maximum Gasteiger partial charge on any atom is 0.0687 e. The number of rotatable bonds is 6. The highest BCUT2D eigenvalue weighted by Crippen LogP contribution is 1.98. The number of nitrogens with one attached hydrogen (secondary N) is 1. The Morgan fingerprint density at radius 3 is 2.67 bits per heavy atom. The van der Waals surface area contributed by atoms with E-state index in [0.717, 1.165) is 13.0 Å². The van der Waals surface area contributed by atoms with Crippen molar-refractivity contribution in [1.82, 2.24) is 5.32 Å². The Morgan fingerprint density at radius 1 is 1.50 bits per heavy atom. The quantitative estimate of drug-likeness (QED) is 0.582. The van der Waals surface area contributed by atoms with Crippen LogP contribution in [0.1, 0.15) is 26.7 Å². The molecule has 12 heavy (non-hydrogen) atoms. The van der Waals surface area contributed by atoms with Gasteiger partial charge in [-0.2, -0.15) is 5.26 Å². The van der Waals surface area contributed by atoms with E-state index in [0.29, 0.717) is 18.9 Å². The van der Waals surface area contributed by atoms with Gasteiger partial charge in [0, 0.05) is 13.0 Å². The smallest absolute Gasteiger partial charge is 0.0687 e. The minimum absolute atomic E-state index is 0.271. The molecule has 3 nitrogen and oxygen atoms in total. The second-order valence-electron chi connectivity index (χ2n) is 3.28. The second-order valence-corrected chi connectivity index (χ2v) is 3.28. The molecule has 0 aliphatic rings. The van der Waals surface area contributed by atoms with Gasteiger partial charge < -0.3 is 10.4 Å². The van der Waals surface area contributed by atoms with Crippen LogP contribution in [0.4, 0.5) is 0 Å². The molecule has 0 amide bonds. The molecule has 0 fully saturated rings. The zero-order valence-electron chi connectivity index (χ0n) is 7.88. The summed E-state index contributed by atoms with van der Waals surface area (Å²) in [7, 11) is 0. The zero-order chi connectivity index (χ0) is 9.40. The van der Waals surface area contributed by atoms with Crippen LogP contribution in [0.5, 0.6) is 0 Å². The molecular formula is C9H18N2O. The third kappa shape index (κ3) is 6.14. The Kier molecular flexibility index (Phi) is 6.73. The first-order valence-corrected chi connectivity index (χ1v) is 4.44. The minimum atomic E-state index is -0.271. The number of nitrogens with zero attached hydrogens (tertiary/aromatic N) is 1. The summed E-state index contributed by atoms with van der Waals surface area (Å²) >= 11 is 0. The van der Waals surface area contributed by atoms with Gasteiger partial charge >= 0.3 is 0 Å². The summed E-state index contributed by atoms with van der Waals surface area (Å²) in [6.45, 7) is 5.42. The topological polar surface area (TPSA) is 56.0 Å². The van der Waals surface area contributed by atoms with Gasteiger partial charge in [0.05, 0.1) is 12.2 Å². The molecule has 0 aliphatic heterocycles. The summed E-state index contributed by atoms with van der Waals surface area (Å²) in [6, 6.07) is 2.08. The standard InChI is InChI=1S/C9H18N2O/c1-8(2)9(12)7-11-6-4-3-5-10/h8-9,11-12H,3-4,6-7H2,1-2H3. The maximum absolute atomic E-state index is 9.36. The lowest BCUT2D eigenvalue weighted by Gasteiger charge is -2.14. The highest BCUT2D eigenvalue weighted by atomic mass is 16.3. The van der Waals surface area contributed by atoms with Crippen molar-refractivity contribution in [2.75, 3.05) is 13.1 Å². The van der Waals surface area contributed by atoms with Crippen LogP contribution in [0.3, 0.4) is 0 Å². The molecule has 0 heterocycles. The summed E-state index contributed by atoms with van der Waals surface area (Å²) < 4.78 is 0. The van der Waals surface area contributed by atoms with E-state index in [-0.39, 0.29) is 6.10 Å². The van der Waals surface area contributed by atoms with E-state index < -0.39 is 0 Å². The Hall–Kier alpha value is -0.590. The molecule has 1 unspecified atom stereocenters. The van der Waals surface area contributed by atoms with E-state index in [1.165, 1.54) is 0 Å². The number of hydrogen-bond acceptors (Lipinski definition) is 3. The predicted molar refractivity (Wildman–Crippen MR) is 48.6 cm³/mol. The van der Waals surface area contributed by atoms with Gasteiger partial charge in [0.15, 0.2) is 0 Å². The second kappa shape index (κ2) is 7.08. The van der Waals surface area contributed by atoms with E-state index in [4.69, 9.17) is 5.26 Å². The van der Waals surface area contributed by atoms with E-state index in [1.807, 2.05) is 13.8 Å². The maximum atomic E-state index is 9.36. The molecule has 3 heteroatoms. The van der Waals surface area contributed by atoms with E-state index in [2.05, 4.69) is 11.4 Å². The molecule has 0 saturated carbocycles. The number of nitriles is 1. The third-order valence-corrected chi connectivity index (χ3v) is 1.77. The van der Waals surface area contributed by atoms with Crippen molar-refractivity contribution in [3.63, 3.8) is 0 Å². The van der Waals surface area contributed by atoms with Gasteiger partial charge in [-0.1, -0.05) is 13.8 Å². The summed E-state index contributed by atoms with van der Waals surface area (Å²) in [4.78, 5) is 0. The van der Waals surface area contributed by atoms with Gasteiger partial charge in [-0.05, 0) is 18.9 Å². The molecule has 0 rings (SSSR count). The summed E-state index contributed by atoms with van der Waals surface area (Å²) in [6.07, 6.45) is 1.18. The molecule has 70 valence electrons. The van der Waals surface area contributed by atoms with Gasteiger partial charge in [-0.25, -0.2) is 0 Å². The Balaban J connectivity index is 3.15. The molecule has 1 atom stereocenters. The van der Waals surface area contributed by atoms with Crippen LogP contribution in [0.25, 0.3) is 0 Å². The SMILES string of the molecule is CC(C)C(O)CNCCCC#N. The lowest BCUT2D eigenvalue weighted by molar-refractivity contribution is 0.124. The Bertz CT molecular complexity index is 140. The first-order valence-electron chi connectivity index (χ1n) is 4.44. The van der Waals surface area contributed by atoms with Crippen LogP contribution in [-0.2, 0) is 0 Å². The van der Waals surface area contributed by atoms with Crippen molar-refractivity contribution in [2.24, 2.45) is 5.92 Å². The van der Waals surface area contributed by atoms with Crippen LogP contribution in [0.15, 0.2) is 0 Å². The normalized spacial score (nSPS) is 12.9. The van der Waals surface area contributed by atoms with Crippen LogP contribution in [0, 0.1) is 17.2 Å². The monoisotopic (exact) mass is 170 g/mol. The van der Waals surface area contributed by atoms with Gasteiger partial charge in [0.2, 0.25) is 0 Å². The summed E-state index contributed by atoms with van der Waals surface area (Å²) in [5.41, 5.74) is 0. The van der Waals surface area contributed by atoms with Gasteiger partial charge in [-0.3, -0.25) is 0 Å². The van der Waals surface area contributed by atoms with Crippen molar-refractivity contribution >= 4 is 0 Å². The van der Waals surface area contributed by atoms with E-state index >= 15 is 0 Å². The van der Waals surface area contributed by atoms with Crippen molar-refractivity contribution < 1.29 is 5.11 Å². The summed E-state index contributed by atoms with van der Waals surface area (Å²) in [5, 5.41) is 20.7. The predicted octanol–water partition coefficient (Wildman–Crippen LogP) is 0.897. The molecule has 0 aliphatic carbocycles. The first kappa shape index (κ1) is 11.4. The lowest BCUT2D eigenvalue weighted by atomic mass is 10.1. The van der Waals surface area contributed by atoms with Crippen molar-refractivity contribution in [2.45, 2.75) is 32.8 Å². The molecular weight excluding hydrogens is 152 g/mol. The highest BCUT2D eigenvalue weighted by Gasteiger charge is 2.06. The van der Waals surface area contributed by atoms with Crippen molar-refractivity contribution in [3.8, 4) is 6.07 Å². The molecule has 2 N–H and O–H groups in total. The van der Waals surface area contributed by atoms with Crippen LogP contribution in [-0.4, -0.2) is 24.3 Å². The highest BCUT2D eigenvalue weighted by molar-refractivity contribution is 4.69. The Labute approximate surface area is 74.4 Å². The third-order valence-electron chi connectivity index (χ3n) is 1.77. The van der Waals surface area contributed by atoms with Crippen LogP contribution >= 0.6 is 0 Å². The number of aliphatic hydroxyl groups excluding tert-OH is 1. The van der Waals surface area contributed by atoms with Crippen LogP contribution < -0.4 is 5.32 Å². The molecule has 0 bridgehead atoms. The fourth-order valence-electron chi connectivity index (χ4n) is 0.778. The molecule has 0 aromatic carbocycles. The average Bonchev–Trinajstić information content (AvgIpc) is 2.03. The molecule has 0 radical (unpaired) electrons.